The van der Waals surface area contributed by atoms with Crippen LogP contribution in [0.2, 0.25) is 0 Å². The Balaban J connectivity index is 1.51. The van der Waals surface area contributed by atoms with Crippen LogP contribution in [0.1, 0.15) is 55.8 Å². The number of benzene rings is 1. The molecule has 1 aromatic rings. The Labute approximate surface area is 155 Å². The van der Waals surface area contributed by atoms with E-state index in [2.05, 4.69) is 12.2 Å². The lowest BCUT2D eigenvalue weighted by atomic mass is 9.48. The van der Waals surface area contributed by atoms with E-state index in [0.717, 1.165) is 22.6 Å². The first kappa shape index (κ1) is 17.3. The number of thioether (sulfide) groups is 1. The number of carbonyl (C=O) groups excluding carboxylic acids is 1. The van der Waals surface area contributed by atoms with Crippen molar-refractivity contribution in [3.63, 3.8) is 0 Å². The fourth-order valence-electron chi connectivity index (χ4n) is 6.12. The van der Waals surface area contributed by atoms with Crippen molar-refractivity contribution in [3.8, 4) is 5.75 Å². The van der Waals surface area contributed by atoms with Crippen molar-refractivity contribution < 1.29 is 9.53 Å². The van der Waals surface area contributed by atoms with Crippen LogP contribution in [0.4, 0.5) is 0 Å². The quantitative estimate of drug-likeness (QED) is 0.771. The summed E-state index contributed by atoms with van der Waals surface area (Å²) in [5.41, 5.74) is 0.980. The highest BCUT2D eigenvalue weighted by molar-refractivity contribution is 7.98. The molecule has 25 heavy (non-hydrogen) atoms. The van der Waals surface area contributed by atoms with Crippen LogP contribution >= 0.6 is 11.8 Å². The van der Waals surface area contributed by atoms with Gasteiger partial charge in [-0.05, 0) is 93.1 Å². The molecule has 1 atom stereocenters. The average molecular weight is 360 g/mol. The zero-order valence-electron chi connectivity index (χ0n) is 15.5. The summed E-state index contributed by atoms with van der Waals surface area (Å²) in [4.78, 5) is 14.0. The molecule has 1 amide bonds. The third kappa shape index (κ3) is 3.07. The summed E-state index contributed by atoms with van der Waals surface area (Å²) in [7, 11) is 1.64. The van der Waals surface area contributed by atoms with E-state index in [9.17, 15) is 4.79 Å². The summed E-state index contributed by atoms with van der Waals surface area (Å²) < 4.78 is 5.47. The SMILES string of the molecule is COc1cc(SC)ccc1C(=O)NC(C)C12CC3CC(CC(C3)C1)C2. The molecule has 4 bridgehead atoms. The van der Waals surface area contributed by atoms with Gasteiger partial charge in [0.2, 0.25) is 0 Å². The molecule has 0 spiro atoms. The zero-order chi connectivity index (χ0) is 17.6. The molecule has 3 nitrogen and oxygen atoms in total. The van der Waals surface area contributed by atoms with Gasteiger partial charge in [-0.25, -0.2) is 0 Å². The maximum absolute atomic E-state index is 12.9. The molecule has 1 unspecified atom stereocenters. The van der Waals surface area contributed by atoms with Crippen LogP contribution in [0.25, 0.3) is 0 Å². The number of carbonyl (C=O) groups is 1. The first-order valence-electron chi connectivity index (χ1n) is 9.56. The first-order chi connectivity index (χ1) is 12.0. The van der Waals surface area contributed by atoms with Crippen LogP contribution in [0, 0.1) is 23.2 Å². The van der Waals surface area contributed by atoms with E-state index in [-0.39, 0.29) is 11.9 Å². The van der Waals surface area contributed by atoms with Crippen molar-refractivity contribution in [2.45, 2.75) is 56.4 Å². The average Bonchev–Trinajstić information content (AvgIpc) is 2.59. The van der Waals surface area contributed by atoms with E-state index in [1.807, 2.05) is 24.5 Å². The lowest BCUT2D eigenvalue weighted by Gasteiger charge is -2.59. The van der Waals surface area contributed by atoms with Crippen LogP contribution in [0.3, 0.4) is 0 Å². The highest BCUT2D eigenvalue weighted by Gasteiger charge is 2.53. The van der Waals surface area contributed by atoms with Gasteiger partial charge < -0.3 is 10.1 Å². The molecule has 5 rings (SSSR count). The molecule has 0 aliphatic heterocycles. The second-order valence-corrected chi connectivity index (χ2v) is 9.42. The lowest BCUT2D eigenvalue weighted by molar-refractivity contribution is -0.0688. The van der Waals surface area contributed by atoms with Gasteiger partial charge in [-0.3, -0.25) is 4.79 Å². The van der Waals surface area contributed by atoms with Crippen molar-refractivity contribution in [2.24, 2.45) is 23.2 Å². The van der Waals surface area contributed by atoms with Crippen LogP contribution < -0.4 is 10.1 Å². The van der Waals surface area contributed by atoms with Crippen molar-refractivity contribution in [3.05, 3.63) is 23.8 Å². The molecule has 0 heterocycles. The Morgan fingerprint density at radius 1 is 1.20 bits per heavy atom. The molecule has 4 aliphatic carbocycles. The number of amides is 1. The molecule has 4 saturated carbocycles. The summed E-state index contributed by atoms with van der Waals surface area (Å²) in [6, 6.07) is 6.08. The van der Waals surface area contributed by atoms with E-state index in [0.29, 0.717) is 16.7 Å². The van der Waals surface area contributed by atoms with Crippen LogP contribution in [-0.2, 0) is 0 Å². The minimum absolute atomic E-state index is 0.00717. The highest BCUT2D eigenvalue weighted by Crippen LogP contribution is 2.61. The first-order valence-corrected chi connectivity index (χ1v) is 10.8. The summed E-state index contributed by atoms with van der Waals surface area (Å²) in [5.74, 6) is 3.39. The Bertz CT molecular complexity index is 637. The second-order valence-electron chi connectivity index (χ2n) is 8.54. The van der Waals surface area contributed by atoms with Gasteiger partial charge in [0.15, 0.2) is 0 Å². The molecule has 0 aromatic heterocycles. The van der Waals surface area contributed by atoms with E-state index in [4.69, 9.17) is 4.74 Å². The van der Waals surface area contributed by atoms with Gasteiger partial charge in [-0.2, -0.15) is 0 Å². The molecule has 1 aromatic carbocycles. The largest absolute Gasteiger partial charge is 0.496 e. The van der Waals surface area contributed by atoms with E-state index >= 15 is 0 Å². The minimum Gasteiger partial charge on any atom is -0.496 e. The third-order valence-electron chi connectivity index (χ3n) is 7.01. The topological polar surface area (TPSA) is 38.3 Å². The summed E-state index contributed by atoms with van der Waals surface area (Å²) >= 11 is 1.66. The van der Waals surface area contributed by atoms with E-state index in [1.54, 1.807) is 18.9 Å². The maximum Gasteiger partial charge on any atom is 0.255 e. The molecule has 4 aliphatic rings. The normalized spacial score (nSPS) is 34.0. The number of nitrogens with one attached hydrogen (secondary N) is 1. The minimum atomic E-state index is 0.00717. The van der Waals surface area contributed by atoms with E-state index < -0.39 is 0 Å². The number of hydrogen-bond acceptors (Lipinski definition) is 3. The van der Waals surface area contributed by atoms with Crippen molar-refractivity contribution in [1.29, 1.82) is 0 Å². The van der Waals surface area contributed by atoms with Gasteiger partial charge in [0.1, 0.15) is 5.75 Å². The summed E-state index contributed by atoms with van der Waals surface area (Å²) in [6.07, 6.45) is 10.3. The van der Waals surface area contributed by atoms with Gasteiger partial charge in [-0.15, -0.1) is 11.8 Å². The predicted molar refractivity (Wildman–Crippen MR) is 102 cm³/mol. The molecule has 0 saturated heterocycles. The smallest absolute Gasteiger partial charge is 0.255 e. The van der Waals surface area contributed by atoms with Gasteiger partial charge in [-0.1, -0.05) is 0 Å². The standard InChI is InChI=1S/C21H29NO2S/c1-13(21-10-14-6-15(11-21)8-16(7-14)12-21)22-20(23)18-5-4-17(25-3)9-19(18)24-2/h4-5,9,13-16H,6-8,10-12H2,1-3H3,(H,22,23). The Morgan fingerprint density at radius 3 is 2.32 bits per heavy atom. The zero-order valence-corrected chi connectivity index (χ0v) is 16.3. The van der Waals surface area contributed by atoms with Crippen molar-refractivity contribution in [1.82, 2.24) is 5.32 Å². The molecule has 4 fully saturated rings. The van der Waals surface area contributed by atoms with Gasteiger partial charge >= 0.3 is 0 Å². The molecular formula is C21H29NO2S. The lowest BCUT2D eigenvalue weighted by Crippen LogP contribution is -2.55. The fourth-order valence-corrected chi connectivity index (χ4v) is 6.55. The van der Waals surface area contributed by atoms with Crippen LogP contribution in [0.5, 0.6) is 5.75 Å². The Hall–Kier alpha value is -1.16. The van der Waals surface area contributed by atoms with Gasteiger partial charge in [0, 0.05) is 10.9 Å². The number of methoxy groups -OCH3 is 1. The molecule has 0 radical (unpaired) electrons. The van der Waals surface area contributed by atoms with Crippen molar-refractivity contribution in [2.75, 3.05) is 13.4 Å². The van der Waals surface area contributed by atoms with Gasteiger partial charge in [0.05, 0.1) is 12.7 Å². The van der Waals surface area contributed by atoms with E-state index in [1.165, 1.54) is 38.5 Å². The number of hydrogen-bond donors (Lipinski definition) is 1. The van der Waals surface area contributed by atoms with Crippen LogP contribution in [0.15, 0.2) is 23.1 Å². The second kappa shape index (κ2) is 6.53. The van der Waals surface area contributed by atoms with Gasteiger partial charge in [0.25, 0.3) is 5.91 Å². The molecule has 4 heteroatoms. The van der Waals surface area contributed by atoms with Crippen LogP contribution in [-0.4, -0.2) is 25.3 Å². The number of ether oxygens (including phenoxy) is 1. The predicted octanol–water partition coefficient (Wildman–Crippen LogP) is 4.75. The third-order valence-corrected chi connectivity index (χ3v) is 7.73. The Morgan fingerprint density at radius 2 is 1.80 bits per heavy atom. The summed E-state index contributed by atoms with van der Waals surface area (Å²) in [6.45, 7) is 2.23. The molecule has 136 valence electrons. The monoisotopic (exact) mass is 359 g/mol. The number of rotatable bonds is 5. The maximum atomic E-state index is 12.9. The highest BCUT2D eigenvalue weighted by atomic mass is 32.2. The van der Waals surface area contributed by atoms with Crippen molar-refractivity contribution >= 4 is 17.7 Å². The fraction of sp³-hybridized carbons (Fsp3) is 0.667. The molecular weight excluding hydrogens is 330 g/mol. The summed E-state index contributed by atoms with van der Waals surface area (Å²) in [5, 5.41) is 3.34. The Kier molecular flexibility index (Phi) is 4.51. The molecule has 1 N–H and O–H groups in total.